The minimum atomic E-state index is -0.0110. The second-order valence-electron chi connectivity index (χ2n) is 7.23. The smallest absolute Gasteiger partial charge is 0.220 e. The first-order valence-electron chi connectivity index (χ1n) is 8.20. The summed E-state index contributed by atoms with van der Waals surface area (Å²) in [5, 5.41) is 3.83. The number of ether oxygens (including phenoxy) is 1. The molecule has 1 aromatic carbocycles. The molecule has 1 aliphatic heterocycles. The van der Waals surface area contributed by atoms with E-state index in [2.05, 4.69) is 31.0 Å². The lowest BCUT2D eigenvalue weighted by Gasteiger charge is -2.35. The highest BCUT2D eigenvalue weighted by molar-refractivity contribution is 6.31. The van der Waals surface area contributed by atoms with Crippen molar-refractivity contribution < 1.29 is 9.53 Å². The second-order valence-corrected chi connectivity index (χ2v) is 7.63. The Morgan fingerprint density at radius 3 is 2.57 bits per heavy atom. The molecule has 0 aromatic heterocycles. The molecule has 2 rings (SSSR count). The van der Waals surface area contributed by atoms with Gasteiger partial charge in [-0.05, 0) is 17.0 Å². The van der Waals surface area contributed by atoms with Crippen molar-refractivity contribution in [1.82, 2.24) is 10.2 Å². The molecule has 0 unspecified atom stereocenters. The number of halogens is 1. The van der Waals surface area contributed by atoms with Gasteiger partial charge in [-0.15, -0.1) is 0 Å². The predicted octanol–water partition coefficient (Wildman–Crippen LogP) is 3.27. The lowest BCUT2D eigenvalue weighted by atomic mass is 9.92. The summed E-state index contributed by atoms with van der Waals surface area (Å²) in [6, 6.07) is 7.95. The van der Waals surface area contributed by atoms with E-state index in [0.29, 0.717) is 13.0 Å². The number of amides is 1. The molecule has 1 fully saturated rings. The van der Waals surface area contributed by atoms with Crippen LogP contribution in [0.3, 0.4) is 0 Å². The zero-order chi connectivity index (χ0) is 16.9. The standard InChI is InChI=1S/C18H27ClN2O2/c1-18(2,3)12-17(22)20-13-16(21-8-10-23-11-9-21)14-6-4-5-7-15(14)19/h4-7,16H,8-13H2,1-3H3,(H,20,22)/t16-/m1/s1. The minimum Gasteiger partial charge on any atom is -0.379 e. The van der Waals surface area contributed by atoms with E-state index in [1.165, 1.54) is 0 Å². The normalized spacial score (nSPS) is 17.7. The van der Waals surface area contributed by atoms with Crippen molar-refractivity contribution >= 4 is 17.5 Å². The highest BCUT2D eigenvalue weighted by Gasteiger charge is 2.25. The van der Waals surface area contributed by atoms with Crippen molar-refractivity contribution in [2.75, 3.05) is 32.8 Å². The summed E-state index contributed by atoms with van der Waals surface area (Å²) in [6.07, 6.45) is 0.519. The topological polar surface area (TPSA) is 41.6 Å². The van der Waals surface area contributed by atoms with Crippen molar-refractivity contribution in [3.8, 4) is 0 Å². The number of carbonyl (C=O) groups is 1. The molecule has 23 heavy (non-hydrogen) atoms. The molecule has 1 aliphatic rings. The van der Waals surface area contributed by atoms with Gasteiger partial charge in [-0.1, -0.05) is 50.6 Å². The van der Waals surface area contributed by atoms with Gasteiger partial charge < -0.3 is 10.1 Å². The van der Waals surface area contributed by atoms with Gasteiger partial charge in [-0.25, -0.2) is 0 Å². The first-order valence-corrected chi connectivity index (χ1v) is 8.57. The summed E-state index contributed by atoms with van der Waals surface area (Å²) in [6.45, 7) is 9.92. The fourth-order valence-corrected chi connectivity index (χ4v) is 3.09. The summed E-state index contributed by atoms with van der Waals surface area (Å²) >= 11 is 6.39. The van der Waals surface area contributed by atoms with Gasteiger partial charge in [0.05, 0.1) is 19.3 Å². The molecule has 1 aromatic rings. The Morgan fingerprint density at radius 2 is 1.96 bits per heavy atom. The van der Waals surface area contributed by atoms with Gasteiger partial charge in [-0.3, -0.25) is 9.69 Å². The fraction of sp³-hybridized carbons (Fsp3) is 0.611. The zero-order valence-electron chi connectivity index (χ0n) is 14.3. The quantitative estimate of drug-likeness (QED) is 0.896. The van der Waals surface area contributed by atoms with Gasteiger partial charge in [0.25, 0.3) is 0 Å². The summed E-state index contributed by atoms with van der Waals surface area (Å²) in [5.74, 6) is 0.0859. The number of nitrogens with one attached hydrogen (secondary N) is 1. The van der Waals surface area contributed by atoms with Crippen LogP contribution in [0.5, 0.6) is 0 Å². The molecule has 0 aliphatic carbocycles. The first-order chi connectivity index (χ1) is 10.9. The van der Waals surface area contributed by atoms with Crippen LogP contribution < -0.4 is 5.32 Å². The Morgan fingerprint density at radius 1 is 1.30 bits per heavy atom. The van der Waals surface area contributed by atoms with Gasteiger partial charge in [0.1, 0.15) is 0 Å². The van der Waals surface area contributed by atoms with Crippen LogP contribution in [-0.2, 0) is 9.53 Å². The third-order valence-electron chi connectivity index (χ3n) is 3.93. The maximum Gasteiger partial charge on any atom is 0.220 e. The van der Waals surface area contributed by atoms with Crippen LogP contribution >= 0.6 is 11.6 Å². The summed E-state index contributed by atoms with van der Waals surface area (Å²) < 4.78 is 5.45. The van der Waals surface area contributed by atoms with Gasteiger partial charge in [0.2, 0.25) is 5.91 Å². The van der Waals surface area contributed by atoms with Crippen LogP contribution in [0.2, 0.25) is 5.02 Å². The number of rotatable bonds is 5. The summed E-state index contributed by atoms with van der Waals surface area (Å²) in [4.78, 5) is 14.5. The van der Waals surface area contributed by atoms with Crippen LogP contribution in [-0.4, -0.2) is 43.7 Å². The van der Waals surface area contributed by atoms with E-state index in [4.69, 9.17) is 16.3 Å². The highest BCUT2D eigenvalue weighted by atomic mass is 35.5. The molecule has 0 spiro atoms. The maximum absolute atomic E-state index is 12.2. The van der Waals surface area contributed by atoms with E-state index < -0.39 is 0 Å². The third-order valence-corrected chi connectivity index (χ3v) is 4.28. The van der Waals surface area contributed by atoms with Crippen molar-refractivity contribution in [2.45, 2.75) is 33.2 Å². The molecule has 128 valence electrons. The van der Waals surface area contributed by atoms with Gasteiger partial charge in [-0.2, -0.15) is 0 Å². The Labute approximate surface area is 144 Å². The zero-order valence-corrected chi connectivity index (χ0v) is 15.0. The Balaban J connectivity index is 2.08. The molecule has 0 saturated carbocycles. The molecule has 1 amide bonds. The molecule has 0 radical (unpaired) electrons. The van der Waals surface area contributed by atoms with Gasteiger partial charge in [0.15, 0.2) is 0 Å². The van der Waals surface area contributed by atoms with Crippen LogP contribution in [0.4, 0.5) is 0 Å². The van der Waals surface area contributed by atoms with E-state index in [1.54, 1.807) is 0 Å². The molecule has 1 N–H and O–H groups in total. The predicted molar refractivity (Wildman–Crippen MR) is 93.7 cm³/mol. The van der Waals surface area contributed by atoms with E-state index in [0.717, 1.165) is 36.9 Å². The summed E-state index contributed by atoms with van der Waals surface area (Å²) in [5.41, 5.74) is 1.05. The first kappa shape index (κ1) is 18.2. The Bertz CT molecular complexity index is 522. The monoisotopic (exact) mass is 338 g/mol. The van der Waals surface area contributed by atoms with Crippen molar-refractivity contribution in [3.63, 3.8) is 0 Å². The van der Waals surface area contributed by atoms with Crippen molar-refractivity contribution in [2.24, 2.45) is 5.41 Å². The largest absolute Gasteiger partial charge is 0.379 e. The van der Waals surface area contributed by atoms with E-state index in [1.807, 2.05) is 24.3 Å². The SMILES string of the molecule is CC(C)(C)CC(=O)NC[C@H](c1ccccc1Cl)N1CCOCC1. The molecule has 1 heterocycles. The van der Waals surface area contributed by atoms with Crippen LogP contribution in [0.25, 0.3) is 0 Å². The average Bonchev–Trinajstić information content (AvgIpc) is 2.48. The molecular formula is C18H27ClN2O2. The lowest BCUT2D eigenvalue weighted by molar-refractivity contribution is -0.123. The van der Waals surface area contributed by atoms with Crippen LogP contribution in [0.1, 0.15) is 38.8 Å². The number of carbonyl (C=O) groups excluding carboxylic acids is 1. The number of benzene rings is 1. The van der Waals surface area contributed by atoms with E-state index in [9.17, 15) is 4.79 Å². The van der Waals surface area contributed by atoms with Crippen molar-refractivity contribution in [1.29, 1.82) is 0 Å². The Hall–Kier alpha value is -1.10. The molecule has 5 heteroatoms. The third kappa shape index (κ3) is 5.79. The van der Waals surface area contributed by atoms with Crippen molar-refractivity contribution in [3.05, 3.63) is 34.9 Å². The maximum atomic E-state index is 12.2. The Kier molecular flexibility index (Phi) is 6.45. The minimum absolute atomic E-state index is 0.0110. The second kappa shape index (κ2) is 8.13. The molecular weight excluding hydrogens is 312 g/mol. The number of nitrogens with zero attached hydrogens (tertiary/aromatic N) is 1. The van der Waals surface area contributed by atoms with E-state index >= 15 is 0 Å². The lowest BCUT2D eigenvalue weighted by Crippen LogP contribution is -2.44. The van der Waals surface area contributed by atoms with Crippen LogP contribution in [0, 0.1) is 5.41 Å². The average molecular weight is 339 g/mol. The molecule has 0 bridgehead atoms. The number of hydrogen-bond donors (Lipinski definition) is 1. The van der Waals surface area contributed by atoms with E-state index in [-0.39, 0.29) is 17.4 Å². The highest BCUT2D eigenvalue weighted by Crippen LogP contribution is 2.28. The molecule has 4 nitrogen and oxygen atoms in total. The number of hydrogen-bond acceptors (Lipinski definition) is 3. The summed E-state index contributed by atoms with van der Waals surface area (Å²) in [7, 11) is 0. The van der Waals surface area contributed by atoms with Gasteiger partial charge in [0, 0.05) is 31.1 Å². The number of morpholine rings is 1. The molecule has 1 saturated heterocycles. The van der Waals surface area contributed by atoms with Crippen LogP contribution in [0.15, 0.2) is 24.3 Å². The molecule has 1 atom stereocenters. The fourth-order valence-electron chi connectivity index (χ4n) is 2.82. The van der Waals surface area contributed by atoms with Gasteiger partial charge >= 0.3 is 0 Å².